The molecule has 1 unspecified atom stereocenters. The second-order valence-corrected chi connectivity index (χ2v) is 5.20. The quantitative estimate of drug-likeness (QED) is 0.867. The zero-order valence-corrected chi connectivity index (χ0v) is 9.99. The number of carbonyl (C=O) groups is 1. The van der Waals surface area contributed by atoms with Gasteiger partial charge >= 0.3 is 5.97 Å². The average Bonchev–Trinajstić information content (AvgIpc) is 3.00. The van der Waals surface area contributed by atoms with Crippen LogP contribution >= 0.6 is 27.5 Å². The van der Waals surface area contributed by atoms with Crippen LogP contribution in [0.1, 0.15) is 18.7 Å². The lowest BCUT2D eigenvalue weighted by molar-refractivity contribution is -0.140. The Morgan fingerprint density at radius 3 is 2.47 bits per heavy atom. The number of aromatic nitrogens is 2. The molecule has 0 amide bonds. The van der Waals surface area contributed by atoms with E-state index in [9.17, 15) is 9.90 Å². The van der Waals surface area contributed by atoms with Crippen LogP contribution in [0.25, 0.3) is 0 Å². The van der Waals surface area contributed by atoms with Crippen LogP contribution in [0.4, 0.5) is 0 Å². The predicted molar refractivity (Wildman–Crippen MR) is 58.0 cm³/mol. The lowest BCUT2D eigenvalue weighted by Crippen LogP contribution is -2.33. The number of rotatable bonds is 3. The molecule has 0 spiro atoms. The van der Waals surface area contributed by atoms with Gasteiger partial charge in [-0.05, 0) is 18.8 Å². The summed E-state index contributed by atoms with van der Waals surface area (Å²) in [5.74, 6) is -0.620. The van der Waals surface area contributed by atoms with Gasteiger partial charge in [0.15, 0.2) is 10.1 Å². The molecule has 0 aliphatic heterocycles. The van der Waals surface area contributed by atoms with Gasteiger partial charge in [-0.3, -0.25) is 4.79 Å². The standard InChI is InChI=1S/C9H8BrClN2O2/c10-9(8(14)15,5-1-2-5)7-12-3-6(11)4-13-7/h3-5H,1-2H2,(H,14,15). The molecule has 15 heavy (non-hydrogen) atoms. The molecule has 1 aliphatic rings. The van der Waals surface area contributed by atoms with Crippen molar-refractivity contribution in [3.63, 3.8) is 0 Å². The second kappa shape index (κ2) is 3.72. The minimum Gasteiger partial charge on any atom is -0.480 e. The molecule has 1 atom stereocenters. The lowest BCUT2D eigenvalue weighted by Gasteiger charge is -2.20. The topological polar surface area (TPSA) is 63.1 Å². The van der Waals surface area contributed by atoms with Crippen molar-refractivity contribution < 1.29 is 9.90 Å². The Bertz CT molecular complexity index is 394. The molecule has 0 saturated heterocycles. The van der Waals surface area contributed by atoms with Gasteiger partial charge in [0.25, 0.3) is 0 Å². The predicted octanol–water partition coefficient (Wildman–Crippen LogP) is 2.21. The minimum atomic E-state index is -1.16. The van der Waals surface area contributed by atoms with Crippen molar-refractivity contribution >= 4 is 33.5 Å². The summed E-state index contributed by atoms with van der Waals surface area (Å²) in [6.07, 6.45) is 4.57. The van der Waals surface area contributed by atoms with Gasteiger partial charge in [0.1, 0.15) is 0 Å². The summed E-state index contributed by atoms with van der Waals surface area (Å²) in [6, 6.07) is 0. The SMILES string of the molecule is O=C(O)C(Br)(c1ncc(Cl)cn1)C1CC1. The van der Waals surface area contributed by atoms with Crippen LogP contribution in [-0.4, -0.2) is 21.0 Å². The van der Waals surface area contributed by atoms with E-state index in [0.29, 0.717) is 5.02 Å². The van der Waals surface area contributed by atoms with Gasteiger partial charge in [-0.2, -0.15) is 0 Å². The van der Waals surface area contributed by atoms with Gasteiger partial charge in [0.2, 0.25) is 0 Å². The van der Waals surface area contributed by atoms with Gasteiger partial charge in [-0.15, -0.1) is 0 Å². The van der Waals surface area contributed by atoms with Crippen LogP contribution < -0.4 is 0 Å². The number of carboxylic acids is 1. The molecule has 0 radical (unpaired) electrons. The molecule has 1 N–H and O–H groups in total. The van der Waals surface area contributed by atoms with E-state index < -0.39 is 10.3 Å². The van der Waals surface area contributed by atoms with Crippen LogP contribution in [0, 0.1) is 5.92 Å². The fourth-order valence-electron chi connectivity index (χ4n) is 1.43. The number of hydrogen-bond acceptors (Lipinski definition) is 3. The van der Waals surface area contributed by atoms with Gasteiger partial charge in [-0.1, -0.05) is 27.5 Å². The third kappa shape index (κ3) is 1.86. The zero-order valence-electron chi connectivity index (χ0n) is 7.65. The first-order chi connectivity index (χ1) is 7.05. The molecule has 80 valence electrons. The summed E-state index contributed by atoms with van der Waals surface area (Å²) < 4.78 is -1.16. The molecule has 1 saturated carbocycles. The van der Waals surface area contributed by atoms with Gasteiger partial charge < -0.3 is 5.11 Å². The number of carboxylic acid groups (broad SMARTS) is 1. The molecule has 1 heterocycles. The fourth-order valence-corrected chi connectivity index (χ4v) is 2.19. The maximum atomic E-state index is 11.2. The number of halogens is 2. The van der Waals surface area contributed by atoms with Crippen molar-refractivity contribution in [1.82, 2.24) is 9.97 Å². The summed E-state index contributed by atoms with van der Waals surface area (Å²) >= 11 is 8.89. The molecule has 0 bridgehead atoms. The van der Waals surface area contributed by atoms with Crippen LogP contribution in [0.2, 0.25) is 5.02 Å². The minimum absolute atomic E-state index is 0.0659. The van der Waals surface area contributed by atoms with Crippen molar-refractivity contribution in [2.45, 2.75) is 17.2 Å². The molecule has 1 fully saturated rings. The van der Waals surface area contributed by atoms with E-state index in [2.05, 4.69) is 25.9 Å². The van der Waals surface area contributed by atoms with E-state index in [-0.39, 0.29) is 11.7 Å². The number of hydrogen-bond donors (Lipinski definition) is 1. The third-order valence-corrected chi connectivity index (χ3v) is 3.93. The average molecular weight is 292 g/mol. The van der Waals surface area contributed by atoms with Crippen molar-refractivity contribution in [3.8, 4) is 0 Å². The summed E-state index contributed by atoms with van der Waals surface area (Å²) in [7, 11) is 0. The highest BCUT2D eigenvalue weighted by Gasteiger charge is 2.53. The molecule has 4 nitrogen and oxygen atoms in total. The highest BCUT2D eigenvalue weighted by atomic mass is 79.9. The maximum Gasteiger partial charge on any atom is 0.328 e. The van der Waals surface area contributed by atoms with Crippen LogP contribution in [0.15, 0.2) is 12.4 Å². The summed E-state index contributed by atoms with van der Waals surface area (Å²) in [5.41, 5.74) is 0. The first-order valence-corrected chi connectivity index (χ1v) is 5.62. The molecular weight excluding hydrogens is 283 g/mol. The Kier molecular flexibility index (Phi) is 2.68. The van der Waals surface area contributed by atoms with E-state index in [4.69, 9.17) is 11.6 Å². The van der Waals surface area contributed by atoms with E-state index in [1.54, 1.807) is 0 Å². The van der Waals surface area contributed by atoms with Crippen molar-refractivity contribution in [2.75, 3.05) is 0 Å². The van der Waals surface area contributed by atoms with E-state index in [1.165, 1.54) is 12.4 Å². The van der Waals surface area contributed by atoms with E-state index in [0.717, 1.165) is 12.8 Å². The molecule has 6 heteroatoms. The van der Waals surface area contributed by atoms with E-state index in [1.807, 2.05) is 0 Å². The Balaban J connectivity index is 2.40. The van der Waals surface area contributed by atoms with Gasteiger partial charge in [0, 0.05) is 12.4 Å². The van der Waals surface area contributed by atoms with Crippen LogP contribution in [0.3, 0.4) is 0 Å². The molecule has 1 aliphatic carbocycles. The number of alkyl halides is 1. The monoisotopic (exact) mass is 290 g/mol. The van der Waals surface area contributed by atoms with Crippen molar-refractivity contribution in [3.05, 3.63) is 23.2 Å². The normalized spacial score (nSPS) is 19.6. The van der Waals surface area contributed by atoms with Gasteiger partial charge in [-0.25, -0.2) is 9.97 Å². The lowest BCUT2D eigenvalue weighted by atomic mass is 10.0. The molecular formula is C9H8BrClN2O2. The fraction of sp³-hybridized carbons (Fsp3) is 0.444. The summed E-state index contributed by atoms with van der Waals surface area (Å²) in [5, 5.41) is 9.60. The van der Waals surface area contributed by atoms with Gasteiger partial charge in [0.05, 0.1) is 5.02 Å². The van der Waals surface area contributed by atoms with Crippen molar-refractivity contribution in [2.24, 2.45) is 5.92 Å². The van der Waals surface area contributed by atoms with Crippen LogP contribution in [-0.2, 0) is 9.12 Å². The van der Waals surface area contributed by atoms with E-state index >= 15 is 0 Å². The van der Waals surface area contributed by atoms with Crippen LogP contribution in [0.5, 0.6) is 0 Å². The Morgan fingerprint density at radius 2 is 2.07 bits per heavy atom. The largest absolute Gasteiger partial charge is 0.480 e. The molecule has 0 aromatic carbocycles. The number of nitrogens with zero attached hydrogens (tertiary/aromatic N) is 2. The summed E-state index contributed by atoms with van der Waals surface area (Å²) in [6.45, 7) is 0. The third-order valence-electron chi connectivity index (χ3n) is 2.40. The molecule has 2 rings (SSSR count). The first-order valence-electron chi connectivity index (χ1n) is 4.45. The highest BCUT2D eigenvalue weighted by molar-refractivity contribution is 9.10. The Morgan fingerprint density at radius 1 is 1.53 bits per heavy atom. The Labute approximate surface area is 99.8 Å². The smallest absolute Gasteiger partial charge is 0.328 e. The zero-order chi connectivity index (χ0) is 11.1. The highest BCUT2D eigenvalue weighted by Crippen LogP contribution is 2.50. The molecule has 1 aromatic heterocycles. The first kappa shape index (κ1) is 10.8. The maximum absolute atomic E-state index is 11.2. The Hall–Kier alpha value is -0.680. The summed E-state index contributed by atoms with van der Waals surface area (Å²) in [4.78, 5) is 19.2. The second-order valence-electron chi connectivity index (χ2n) is 3.52. The molecule has 1 aromatic rings. The number of aliphatic carboxylic acids is 1. The van der Waals surface area contributed by atoms with Crippen molar-refractivity contribution in [1.29, 1.82) is 0 Å².